The summed E-state index contributed by atoms with van der Waals surface area (Å²) in [6.45, 7) is 4.15. The minimum atomic E-state index is -0.394. The van der Waals surface area contributed by atoms with Gasteiger partial charge >= 0.3 is 5.69 Å². The summed E-state index contributed by atoms with van der Waals surface area (Å²) in [4.78, 5) is 30.1. The van der Waals surface area contributed by atoms with Crippen LogP contribution < -0.4 is 11.2 Å². The van der Waals surface area contributed by atoms with E-state index in [2.05, 4.69) is 26.0 Å². The average molecular weight is 399 g/mol. The van der Waals surface area contributed by atoms with E-state index in [4.69, 9.17) is 4.98 Å². The van der Waals surface area contributed by atoms with Crippen molar-refractivity contribution < 1.29 is 0 Å². The van der Waals surface area contributed by atoms with Gasteiger partial charge in [0.2, 0.25) is 5.78 Å². The Morgan fingerprint density at radius 2 is 1.60 bits per heavy atom. The van der Waals surface area contributed by atoms with E-state index in [0.717, 1.165) is 27.1 Å². The van der Waals surface area contributed by atoms with Crippen LogP contribution in [0.1, 0.15) is 11.1 Å². The van der Waals surface area contributed by atoms with Gasteiger partial charge in [-0.05, 0) is 37.1 Å². The summed E-state index contributed by atoms with van der Waals surface area (Å²) in [7, 11) is 3.12. The lowest BCUT2D eigenvalue weighted by Crippen LogP contribution is -2.37. The Bertz CT molecular complexity index is 1570. The van der Waals surface area contributed by atoms with Crippen molar-refractivity contribution >= 4 is 16.9 Å². The quantitative estimate of drug-likeness (QED) is 0.458. The second kappa shape index (κ2) is 6.32. The molecule has 0 saturated heterocycles. The van der Waals surface area contributed by atoms with Gasteiger partial charge in [0.25, 0.3) is 5.56 Å². The highest BCUT2D eigenvalue weighted by Gasteiger charge is 2.21. The summed E-state index contributed by atoms with van der Waals surface area (Å²) in [5, 5.41) is 0. The molecule has 0 unspecified atom stereocenters. The highest BCUT2D eigenvalue weighted by atomic mass is 16.2. The Hall–Kier alpha value is -3.87. The van der Waals surface area contributed by atoms with Crippen LogP contribution in [-0.4, -0.2) is 23.1 Å². The number of benzene rings is 2. The largest absolute Gasteiger partial charge is 0.332 e. The molecule has 0 saturated carbocycles. The number of aryl methyl sites for hydroxylation is 3. The SMILES string of the molecule is Cc1ccc(-n2c(-c3ccccc3)cn3c4c(=O)n(C)c(=O)n(C)c4nc23)cc1C. The second-order valence-corrected chi connectivity index (χ2v) is 7.64. The van der Waals surface area contributed by atoms with Crippen LogP contribution in [0, 0.1) is 13.8 Å². The van der Waals surface area contributed by atoms with Crippen LogP contribution in [0.5, 0.6) is 0 Å². The van der Waals surface area contributed by atoms with Crippen molar-refractivity contribution in [3.8, 4) is 16.9 Å². The highest BCUT2D eigenvalue weighted by Crippen LogP contribution is 2.29. The number of imidazole rings is 2. The Kier molecular flexibility index (Phi) is 3.83. The molecule has 0 radical (unpaired) electrons. The fraction of sp³-hybridized carbons (Fsp3) is 0.174. The maximum Gasteiger partial charge on any atom is 0.332 e. The van der Waals surface area contributed by atoms with E-state index < -0.39 is 5.69 Å². The van der Waals surface area contributed by atoms with Gasteiger partial charge in [-0.15, -0.1) is 0 Å². The van der Waals surface area contributed by atoms with Crippen LogP contribution in [0.2, 0.25) is 0 Å². The van der Waals surface area contributed by atoms with E-state index in [1.807, 2.05) is 47.2 Å². The Morgan fingerprint density at radius 1 is 0.867 bits per heavy atom. The molecule has 2 aromatic carbocycles. The predicted octanol–water partition coefficient (Wildman–Crippen LogP) is 2.96. The zero-order chi connectivity index (χ0) is 21.2. The van der Waals surface area contributed by atoms with Gasteiger partial charge < -0.3 is 0 Å². The lowest BCUT2D eigenvalue weighted by molar-refractivity contribution is 0.708. The van der Waals surface area contributed by atoms with Crippen LogP contribution in [0.15, 0.2) is 64.3 Å². The summed E-state index contributed by atoms with van der Waals surface area (Å²) >= 11 is 0. The molecular formula is C23H21N5O2. The van der Waals surface area contributed by atoms with Crippen molar-refractivity contribution in [1.82, 2.24) is 23.1 Å². The zero-order valence-corrected chi connectivity index (χ0v) is 17.2. The van der Waals surface area contributed by atoms with Gasteiger partial charge in [-0.25, -0.2) is 4.79 Å². The third-order valence-corrected chi connectivity index (χ3v) is 5.78. The lowest BCUT2D eigenvalue weighted by atomic mass is 10.1. The van der Waals surface area contributed by atoms with Gasteiger partial charge in [0, 0.05) is 31.5 Å². The van der Waals surface area contributed by atoms with Gasteiger partial charge in [-0.1, -0.05) is 36.4 Å². The number of nitrogens with zero attached hydrogens (tertiary/aromatic N) is 5. The number of fused-ring (bicyclic) bond motifs is 3. The molecule has 0 N–H and O–H groups in total. The number of aromatic nitrogens is 5. The van der Waals surface area contributed by atoms with Crippen LogP contribution in [0.4, 0.5) is 0 Å². The van der Waals surface area contributed by atoms with Crippen LogP contribution in [0.3, 0.4) is 0 Å². The molecular weight excluding hydrogens is 378 g/mol. The van der Waals surface area contributed by atoms with Crippen molar-refractivity contribution in [3.05, 3.63) is 86.7 Å². The van der Waals surface area contributed by atoms with Crippen molar-refractivity contribution in [1.29, 1.82) is 0 Å². The molecule has 7 heteroatoms. The molecule has 0 fully saturated rings. The maximum atomic E-state index is 12.9. The van der Waals surface area contributed by atoms with Gasteiger partial charge in [0.15, 0.2) is 11.2 Å². The molecule has 0 atom stereocenters. The molecule has 150 valence electrons. The van der Waals surface area contributed by atoms with E-state index >= 15 is 0 Å². The molecule has 0 aliphatic rings. The normalized spacial score (nSPS) is 11.6. The second-order valence-electron chi connectivity index (χ2n) is 7.64. The standard InChI is InChI=1S/C23H21N5O2/c1-14-10-11-17(12-15(14)2)28-18(16-8-6-5-7-9-16)13-27-19-20(24-22(27)28)25(3)23(30)26(4)21(19)29/h5-13H,1-4H3. The van der Waals surface area contributed by atoms with Gasteiger partial charge in [0.05, 0.1) is 5.69 Å². The van der Waals surface area contributed by atoms with Crippen molar-refractivity contribution in [2.45, 2.75) is 13.8 Å². The molecule has 5 aromatic rings. The average Bonchev–Trinajstić information content (AvgIpc) is 3.30. The summed E-state index contributed by atoms with van der Waals surface area (Å²) in [6, 6.07) is 16.2. The molecule has 30 heavy (non-hydrogen) atoms. The maximum absolute atomic E-state index is 12.9. The topological polar surface area (TPSA) is 66.2 Å². The van der Waals surface area contributed by atoms with Crippen LogP contribution in [-0.2, 0) is 14.1 Å². The number of hydrogen-bond donors (Lipinski definition) is 0. The summed E-state index contributed by atoms with van der Waals surface area (Å²) in [6.07, 6.45) is 1.92. The molecule has 5 rings (SSSR count). The molecule has 0 aliphatic carbocycles. The van der Waals surface area contributed by atoms with Crippen molar-refractivity contribution in [2.75, 3.05) is 0 Å². The van der Waals surface area contributed by atoms with Gasteiger partial charge in [-0.3, -0.25) is 22.9 Å². The summed E-state index contributed by atoms with van der Waals surface area (Å²) in [5.74, 6) is 0.588. The molecule has 0 spiro atoms. The van der Waals surface area contributed by atoms with E-state index in [1.165, 1.54) is 17.2 Å². The highest BCUT2D eigenvalue weighted by molar-refractivity contribution is 5.79. The van der Waals surface area contributed by atoms with Crippen molar-refractivity contribution in [2.24, 2.45) is 14.1 Å². The van der Waals surface area contributed by atoms with E-state index in [9.17, 15) is 9.59 Å². The fourth-order valence-corrected chi connectivity index (χ4v) is 3.90. The number of hydrogen-bond acceptors (Lipinski definition) is 3. The lowest BCUT2D eigenvalue weighted by Gasteiger charge is -2.11. The first-order valence-corrected chi connectivity index (χ1v) is 9.71. The third-order valence-electron chi connectivity index (χ3n) is 5.78. The fourth-order valence-electron chi connectivity index (χ4n) is 3.90. The number of rotatable bonds is 2. The van der Waals surface area contributed by atoms with E-state index in [-0.39, 0.29) is 5.56 Å². The summed E-state index contributed by atoms with van der Waals surface area (Å²) < 4.78 is 6.35. The summed E-state index contributed by atoms with van der Waals surface area (Å²) in [5.41, 5.74) is 5.24. The smallest absolute Gasteiger partial charge is 0.279 e. The van der Waals surface area contributed by atoms with Crippen LogP contribution in [0.25, 0.3) is 33.9 Å². The minimum Gasteiger partial charge on any atom is -0.279 e. The molecule has 3 aromatic heterocycles. The van der Waals surface area contributed by atoms with Gasteiger partial charge in [0.1, 0.15) is 0 Å². The monoisotopic (exact) mass is 399 g/mol. The Labute approximate surface area is 172 Å². The first kappa shape index (κ1) is 18.2. The first-order valence-electron chi connectivity index (χ1n) is 9.71. The third kappa shape index (κ3) is 2.41. The Morgan fingerprint density at radius 3 is 2.30 bits per heavy atom. The zero-order valence-electron chi connectivity index (χ0n) is 17.2. The van der Waals surface area contributed by atoms with Crippen molar-refractivity contribution in [3.63, 3.8) is 0 Å². The minimum absolute atomic E-state index is 0.363. The van der Waals surface area contributed by atoms with E-state index in [0.29, 0.717) is 16.9 Å². The first-order chi connectivity index (χ1) is 14.4. The molecule has 0 bridgehead atoms. The van der Waals surface area contributed by atoms with Gasteiger partial charge in [-0.2, -0.15) is 4.98 Å². The predicted molar refractivity (Wildman–Crippen MR) is 117 cm³/mol. The Balaban J connectivity index is 1.98. The van der Waals surface area contributed by atoms with E-state index in [1.54, 1.807) is 11.4 Å². The molecule has 7 nitrogen and oxygen atoms in total. The molecule has 0 amide bonds. The van der Waals surface area contributed by atoms with Crippen LogP contribution >= 0.6 is 0 Å². The molecule has 3 heterocycles. The molecule has 0 aliphatic heterocycles.